The first-order valence-electron chi connectivity index (χ1n) is 6.33. The van der Waals surface area contributed by atoms with E-state index in [0.717, 1.165) is 30.2 Å². The Labute approximate surface area is 132 Å². The first kappa shape index (κ1) is 16.6. The Morgan fingerprint density at radius 2 is 2.24 bits per heavy atom. The molecular weight excluding hydrogens is 338 g/mol. The second kappa shape index (κ2) is 6.17. The number of rotatable bonds is 5. The van der Waals surface area contributed by atoms with Gasteiger partial charge in [-0.15, -0.1) is 11.3 Å². The predicted molar refractivity (Wildman–Crippen MR) is 81.5 cm³/mol. The van der Waals surface area contributed by atoms with Crippen molar-refractivity contribution < 1.29 is 13.3 Å². The third kappa shape index (κ3) is 3.37. The number of hydrogen-bond donors (Lipinski definition) is 0. The molecule has 1 unspecified atom stereocenters. The molecule has 10 heteroatoms. The number of halogens is 1. The van der Waals surface area contributed by atoms with Gasteiger partial charge in [-0.2, -0.15) is 4.31 Å². The van der Waals surface area contributed by atoms with Gasteiger partial charge >= 0.3 is 0 Å². The highest BCUT2D eigenvalue weighted by Crippen LogP contribution is 2.38. The number of likely N-dealkylation sites (N-methyl/N-ethyl adjacent to an activating group) is 1. The van der Waals surface area contributed by atoms with E-state index in [1.54, 1.807) is 0 Å². The Balaban J connectivity index is 2.33. The molecule has 1 fully saturated rings. The normalized spacial score (nSPS) is 20.3. The monoisotopic (exact) mass is 353 g/mol. The van der Waals surface area contributed by atoms with E-state index >= 15 is 0 Å². The van der Waals surface area contributed by atoms with Crippen molar-refractivity contribution in [2.75, 3.05) is 27.2 Å². The van der Waals surface area contributed by atoms with Crippen molar-refractivity contribution in [2.24, 2.45) is 0 Å². The van der Waals surface area contributed by atoms with Gasteiger partial charge in [0.2, 0.25) is 0 Å². The maximum Gasteiger partial charge on any atom is 0.300 e. The zero-order chi connectivity index (χ0) is 15.8. The van der Waals surface area contributed by atoms with E-state index in [-0.39, 0.29) is 20.3 Å². The lowest BCUT2D eigenvalue weighted by Crippen LogP contribution is -2.40. The van der Waals surface area contributed by atoms with Crippen molar-refractivity contribution in [3.05, 3.63) is 20.5 Å². The molecule has 1 aromatic heterocycles. The van der Waals surface area contributed by atoms with Crippen LogP contribution in [0.5, 0.6) is 0 Å². The Hall–Kier alpha value is -0.740. The Morgan fingerprint density at radius 3 is 2.76 bits per heavy atom. The number of nitrogens with zero attached hydrogens (tertiary/aromatic N) is 3. The molecule has 1 saturated heterocycles. The highest BCUT2D eigenvalue weighted by atomic mass is 35.5. The number of nitro groups is 1. The van der Waals surface area contributed by atoms with Gasteiger partial charge in [0, 0.05) is 25.2 Å². The lowest BCUT2D eigenvalue weighted by molar-refractivity contribution is -0.384. The summed E-state index contributed by atoms with van der Waals surface area (Å²) in [6.07, 6.45) is 1.58. The van der Waals surface area contributed by atoms with Gasteiger partial charge in [-0.05, 0) is 26.9 Å². The lowest BCUT2D eigenvalue weighted by Gasteiger charge is -2.25. The molecule has 7 nitrogen and oxygen atoms in total. The average molecular weight is 354 g/mol. The van der Waals surface area contributed by atoms with Gasteiger partial charge in [0.1, 0.15) is 4.21 Å². The molecule has 2 heterocycles. The fraction of sp³-hybridized carbons (Fsp3) is 0.636. The fourth-order valence-corrected chi connectivity index (χ4v) is 5.91. The van der Waals surface area contributed by atoms with Crippen LogP contribution >= 0.6 is 22.9 Å². The molecule has 1 aliphatic heterocycles. The van der Waals surface area contributed by atoms with E-state index < -0.39 is 14.9 Å². The standard InChI is InChI=1S/C11H16ClN3O4S2/c1-13(2)7-8-4-3-5-14(8)21(18,19)10-6-9(15(16)17)11(12)20-10/h6,8H,3-5,7H2,1-2H3. The highest BCUT2D eigenvalue weighted by Gasteiger charge is 2.37. The van der Waals surface area contributed by atoms with Crippen LogP contribution < -0.4 is 0 Å². The van der Waals surface area contributed by atoms with Crippen molar-refractivity contribution in [1.29, 1.82) is 0 Å². The van der Waals surface area contributed by atoms with Crippen LogP contribution in [0.15, 0.2) is 10.3 Å². The Kier molecular flexibility index (Phi) is 4.89. The summed E-state index contributed by atoms with van der Waals surface area (Å²) in [5.41, 5.74) is -0.358. The molecule has 118 valence electrons. The SMILES string of the molecule is CN(C)CC1CCCN1S(=O)(=O)c1cc([N+](=O)[O-])c(Cl)s1. The Bertz CT molecular complexity index is 644. The largest absolute Gasteiger partial charge is 0.308 e. The summed E-state index contributed by atoms with van der Waals surface area (Å²) in [6.45, 7) is 1.06. The van der Waals surface area contributed by atoms with Gasteiger partial charge in [-0.1, -0.05) is 11.6 Å². The molecule has 1 aliphatic rings. The third-order valence-electron chi connectivity index (χ3n) is 3.30. The van der Waals surface area contributed by atoms with Gasteiger partial charge in [0.15, 0.2) is 4.34 Å². The summed E-state index contributed by atoms with van der Waals surface area (Å²) in [6, 6.07) is 0.942. The first-order chi connectivity index (χ1) is 9.73. The zero-order valence-corrected chi connectivity index (χ0v) is 14.0. The van der Waals surface area contributed by atoms with Crippen molar-refractivity contribution >= 4 is 38.6 Å². The van der Waals surface area contributed by atoms with Crippen molar-refractivity contribution in [3.8, 4) is 0 Å². The second-order valence-electron chi connectivity index (χ2n) is 5.16. The molecule has 1 aromatic rings. The maximum absolute atomic E-state index is 12.7. The minimum absolute atomic E-state index is 0.0649. The molecule has 0 aromatic carbocycles. The summed E-state index contributed by atoms with van der Waals surface area (Å²) in [4.78, 5) is 12.1. The molecule has 0 N–H and O–H groups in total. The van der Waals surface area contributed by atoms with Gasteiger partial charge in [-0.3, -0.25) is 10.1 Å². The summed E-state index contributed by atoms with van der Waals surface area (Å²) >= 11 is 6.50. The van der Waals surface area contributed by atoms with Crippen LogP contribution in [0.25, 0.3) is 0 Å². The second-order valence-corrected chi connectivity index (χ2v) is 8.93. The molecule has 0 spiro atoms. The molecule has 0 amide bonds. The Morgan fingerprint density at radius 1 is 1.57 bits per heavy atom. The predicted octanol–water partition coefficient (Wildman–Crippen LogP) is 2.02. The van der Waals surface area contributed by atoms with Gasteiger partial charge in [-0.25, -0.2) is 8.42 Å². The van der Waals surface area contributed by atoms with E-state index in [4.69, 9.17) is 11.6 Å². The molecule has 1 atom stereocenters. The van der Waals surface area contributed by atoms with E-state index in [1.807, 2.05) is 19.0 Å². The van der Waals surface area contributed by atoms with Gasteiger partial charge in [0.25, 0.3) is 15.7 Å². The van der Waals surface area contributed by atoms with Gasteiger partial charge in [0.05, 0.1) is 4.92 Å². The van der Waals surface area contributed by atoms with Crippen LogP contribution in [-0.4, -0.2) is 55.8 Å². The van der Waals surface area contributed by atoms with Crippen LogP contribution in [0.1, 0.15) is 12.8 Å². The van der Waals surface area contributed by atoms with Crippen molar-refractivity contribution in [1.82, 2.24) is 9.21 Å². The van der Waals surface area contributed by atoms with Crippen LogP contribution in [0.3, 0.4) is 0 Å². The molecular formula is C11H16ClN3O4S2. The van der Waals surface area contributed by atoms with E-state index in [1.165, 1.54) is 4.31 Å². The molecule has 0 bridgehead atoms. The van der Waals surface area contributed by atoms with Crippen LogP contribution in [0, 0.1) is 10.1 Å². The molecule has 0 saturated carbocycles. The zero-order valence-electron chi connectivity index (χ0n) is 11.7. The molecule has 0 aliphatic carbocycles. The minimum atomic E-state index is -3.73. The van der Waals surface area contributed by atoms with E-state index in [9.17, 15) is 18.5 Å². The topological polar surface area (TPSA) is 83.8 Å². The molecule has 0 radical (unpaired) electrons. The number of hydrogen-bond acceptors (Lipinski definition) is 6. The number of sulfonamides is 1. The summed E-state index contributed by atoms with van der Waals surface area (Å²) in [5, 5.41) is 10.8. The van der Waals surface area contributed by atoms with Crippen LogP contribution in [-0.2, 0) is 10.0 Å². The smallest absolute Gasteiger partial charge is 0.300 e. The first-order valence-corrected chi connectivity index (χ1v) is 8.97. The van der Waals surface area contributed by atoms with Crippen molar-refractivity contribution in [3.63, 3.8) is 0 Å². The minimum Gasteiger partial charge on any atom is -0.308 e. The number of thiophene rings is 1. The quantitative estimate of drug-likeness (QED) is 0.597. The third-order valence-corrected chi connectivity index (χ3v) is 7.04. The maximum atomic E-state index is 12.7. The summed E-state index contributed by atoms with van der Waals surface area (Å²) in [5.74, 6) is 0. The lowest BCUT2D eigenvalue weighted by atomic mass is 10.2. The fourth-order valence-electron chi connectivity index (χ4n) is 2.44. The van der Waals surface area contributed by atoms with Crippen LogP contribution in [0.2, 0.25) is 4.34 Å². The molecule has 21 heavy (non-hydrogen) atoms. The van der Waals surface area contributed by atoms with Crippen molar-refractivity contribution in [2.45, 2.75) is 23.1 Å². The van der Waals surface area contributed by atoms with E-state index in [0.29, 0.717) is 13.1 Å². The summed E-state index contributed by atoms with van der Waals surface area (Å²) in [7, 11) is 0.0374. The van der Waals surface area contributed by atoms with E-state index in [2.05, 4.69) is 0 Å². The van der Waals surface area contributed by atoms with Crippen LogP contribution in [0.4, 0.5) is 5.69 Å². The summed E-state index contributed by atoms with van der Waals surface area (Å²) < 4.78 is 26.6. The highest BCUT2D eigenvalue weighted by molar-refractivity contribution is 7.91. The van der Waals surface area contributed by atoms with Gasteiger partial charge < -0.3 is 4.90 Å². The average Bonchev–Trinajstić information content (AvgIpc) is 2.95. The molecule has 2 rings (SSSR count).